The van der Waals surface area contributed by atoms with Crippen LogP contribution in [0, 0.1) is 12.8 Å². The molecule has 3 rings (SSSR count). The van der Waals surface area contributed by atoms with Crippen LogP contribution in [0.2, 0.25) is 0 Å². The summed E-state index contributed by atoms with van der Waals surface area (Å²) >= 11 is 0. The van der Waals surface area contributed by atoms with E-state index in [0.717, 1.165) is 13.0 Å². The standard InChI is InChI=1S/C19H27N3O2/c1-4-12(2)17-19(24)22-11-15(9-16(22)18(23)21-17)20-10-14-8-6-5-7-13(14)3/h5-8,12,15-17,20H,4,9-11H2,1-3H3,(H,21,23)/t12-,15-,16-,17-/m0/s1. The Kier molecular flexibility index (Phi) is 4.90. The zero-order valence-corrected chi connectivity index (χ0v) is 14.7. The molecule has 24 heavy (non-hydrogen) atoms. The van der Waals surface area contributed by atoms with Gasteiger partial charge in [-0.05, 0) is 30.4 Å². The summed E-state index contributed by atoms with van der Waals surface area (Å²) < 4.78 is 0. The Balaban J connectivity index is 1.64. The van der Waals surface area contributed by atoms with Crippen molar-refractivity contribution in [3.63, 3.8) is 0 Å². The number of nitrogens with one attached hydrogen (secondary N) is 2. The molecule has 2 fully saturated rings. The Bertz CT molecular complexity index is 631. The van der Waals surface area contributed by atoms with Crippen molar-refractivity contribution in [2.45, 2.75) is 58.3 Å². The lowest BCUT2D eigenvalue weighted by atomic mass is 9.95. The van der Waals surface area contributed by atoms with Gasteiger partial charge in [-0.2, -0.15) is 0 Å². The SMILES string of the molecule is CC[C@H](C)[C@@H]1NC(=O)[C@@H]2C[C@H](NCc3ccccc3C)CN2C1=O. The van der Waals surface area contributed by atoms with Crippen LogP contribution in [-0.2, 0) is 16.1 Å². The van der Waals surface area contributed by atoms with Crippen molar-refractivity contribution in [2.24, 2.45) is 5.92 Å². The minimum absolute atomic E-state index is 0.0000849. The third kappa shape index (κ3) is 3.18. The van der Waals surface area contributed by atoms with E-state index in [2.05, 4.69) is 29.7 Å². The predicted molar refractivity (Wildman–Crippen MR) is 93.3 cm³/mol. The van der Waals surface area contributed by atoms with Crippen molar-refractivity contribution in [2.75, 3.05) is 6.54 Å². The third-order valence-electron chi connectivity index (χ3n) is 5.51. The number of fused-ring (bicyclic) bond motifs is 1. The number of rotatable bonds is 5. The number of carbonyl (C=O) groups is 2. The second kappa shape index (κ2) is 6.93. The molecule has 2 amide bonds. The number of hydrogen-bond acceptors (Lipinski definition) is 3. The van der Waals surface area contributed by atoms with Crippen LogP contribution in [0.3, 0.4) is 0 Å². The number of nitrogens with zero attached hydrogens (tertiary/aromatic N) is 1. The molecule has 0 aliphatic carbocycles. The van der Waals surface area contributed by atoms with Crippen LogP contribution in [0.5, 0.6) is 0 Å². The maximum atomic E-state index is 12.7. The Morgan fingerprint density at radius 2 is 2.08 bits per heavy atom. The molecule has 130 valence electrons. The molecule has 0 spiro atoms. The molecule has 4 atom stereocenters. The number of hydrogen-bond donors (Lipinski definition) is 2. The lowest BCUT2D eigenvalue weighted by Gasteiger charge is -2.36. The molecule has 2 heterocycles. The van der Waals surface area contributed by atoms with E-state index in [9.17, 15) is 9.59 Å². The van der Waals surface area contributed by atoms with Crippen LogP contribution >= 0.6 is 0 Å². The second-order valence-electron chi connectivity index (χ2n) is 7.12. The highest BCUT2D eigenvalue weighted by Crippen LogP contribution is 2.26. The highest BCUT2D eigenvalue weighted by molar-refractivity contribution is 5.97. The van der Waals surface area contributed by atoms with Gasteiger partial charge in [0.25, 0.3) is 0 Å². The van der Waals surface area contributed by atoms with Crippen LogP contribution in [0.4, 0.5) is 0 Å². The summed E-state index contributed by atoms with van der Waals surface area (Å²) in [5.74, 6) is 0.246. The summed E-state index contributed by atoms with van der Waals surface area (Å²) in [5.41, 5.74) is 2.52. The summed E-state index contributed by atoms with van der Waals surface area (Å²) in [5, 5.41) is 6.45. The van der Waals surface area contributed by atoms with Crippen LogP contribution in [0.15, 0.2) is 24.3 Å². The Labute approximate surface area is 143 Å². The predicted octanol–water partition coefficient (Wildman–Crippen LogP) is 1.60. The molecule has 0 unspecified atom stereocenters. The zero-order valence-electron chi connectivity index (χ0n) is 14.7. The van der Waals surface area contributed by atoms with Gasteiger partial charge in [-0.25, -0.2) is 0 Å². The van der Waals surface area contributed by atoms with Gasteiger partial charge in [0.15, 0.2) is 0 Å². The molecule has 2 N–H and O–H groups in total. The molecule has 0 bridgehead atoms. The van der Waals surface area contributed by atoms with Crippen LogP contribution in [0.25, 0.3) is 0 Å². The van der Waals surface area contributed by atoms with Crippen molar-refractivity contribution in [1.29, 1.82) is 0 Å². The largest absolute Gasteiger partial charge is 0.342 e. The summed E-state index contributed by atoms with van der Waals surface area (Å²) in [7, 11) is 0. The van der Waals surface area contributed by atoms with Gasteiger partial charge >= 0.3 is 0 Å². The molecule has 5 nitrogen and oxygen atoms in total. The van der Waals surface area contributed by atoms with Gasteiger partial charge in [-0.15, -0.1) is 0 Å². The Morgan fingerprint density at radius 1 is 1.33 bits per heavy atom. The number of aryl methyl sites for hydroxylation is 1. The number of carbonyl (C=O) groups excluding carboxylic acids is 2. The number of amides is 2. The molecule has 2 aliphatic rings. The molecule has 0 saturated carbocycles. The van der Waals surface area contributed by atoms with E-state index < -0.39 is 0 Å². The lowest BCUT2D eigenvalue weighted by molar-refractivity contribution is -0.148. The molecule has 0 aromatic heterocycles. The van der Waals surface area contributed by atoms with Gasteiger partial charge in [-0.1, -0.05) is 44.5 Å². The van der Waals surface area contributed by atoms with Gasteiger partial charge in [0.1, 0.15) is 12.1 Å². The summed E-state index contributed by atoms with van der Waals surface area (Å²) in [4.78, 5) is 26.9. The van der Waals surface area contributed by atoms with Crippen molar-refractivity contribution in [3.05, 3.63) is 35.4 Å². The van der Waals surface area contributed by atoms with Gasteiger partial charge < -0.3 is 15.5 Å². The molecule has 2 aliphatic heterocycles. The van der Waals surface area contributed by atoms with Gasteiger partial charge in [-0.3, -0.25) is 9.59 Å². The fourth-order valence-corrected chi connectivity index (χ4v) is 3.65. The topological polar surface area (TPSA) is 61.4 Å². The third-order valence-corrected chi connectivity index (χ3v) is 5.51. The molecule has 5 heteroatoms. The number of benzene rings is 1. The van der Waals surface area contributed by atoms with Crippen LogP contribution < -0.4 is 10.6 Å². The van der Waals surface area contributed by atoms with E-state index in [1.54, 1.807) is 4.90 Å². The Morgan fingerprint density at radius 3 is 2.79 bits per heavy atom. The molecular weight excluding hydrogens is 302 g/mol. The second-order valence-corrected chi connectivity index (χ2v) is 7.12. The first-order valence-electron chi connectivity index (χ1n) is 8.90. The van der Waals surface area contributed by atoms with E-state index in [-0.39, 0.29) is 35.9 Å². The quantitative estimate of drug-likeness (QED) is 0.862. The van der Waals surface area contributed by atoms with Crippen LogP contribution in [0.1, 0.15) is 37.8 Å². The van der Waals surface area contributed by atoms with E-state index in [4.69, 9.17) is 0 Å². The normalized spacial score (nSPS) is 27.8. The average molecular weight is 329 g/mol. The fourth-order valence-electron chi connectivity index (χ4n) is 3.65. The summed E-state index contributed by atoms with van der Waals surface area (Å²) in [6, 6.07) is 7.77. The maximum Gasteiger partial charge on any atom is 0.246 e. The van der Waals surface area contributed by atoms with E-state index >= 15 is 0 Å². The molecule has 2 saturated heterocycles. The lowest BCUT2D eigenvalue weighted by Crippen LogP contribution is -2.62. The minimum atomic E-state index is -0.367. The average Bonchev–Trinajstić information content (AvgIpc) is 3.02. The zero-order chi connectivity index (χ0) is 17.3. The van der Waals surface area contributed by atoms with E-state index in [1.165, 1.54) is 11.1 Å². The Hall–Kier alpha value is -1.88. The highest BCUT2D eigenvalue weighted by atomic mass is 16.2. The number of piperazine rings is 1. The first-order valence-corrected chi connectivity index (χ1v) is 8.90. The maximum absolute atomic E-state index is 12.7. The smallest absolute Gasteiger partial charge is 0.246 e. The fraction of sp³-hybridized carbons (Fsp3) is 0.579. The van der Waals surface area contributed by atoms with E-state index in [1.807, 2.05) is 26.0 Å². The first-order chi connectivity index (χ1) is 11.5. The van der Waals surface area contributed by atoms with Crippen molar-refractivity contribution in [1.82, 2.24) is 15.5 Å². The molecular formula is C19H27N3O2. The highest BCUT2D eigenvalue weighted by Gasteiger charge is 2.47. The van der Waals surface area contributed by atoms with Gasteiger partial charge in [0, 0.05) is 19.1 Å². The summed E-state index contributed by atoms with van der Waals surface area (Å²) in [6.45, 7) is 7.56. The molecule has 0 radical (unpaired) electrons. The monoisotopic (exact) mass is 329 g/mol. The van der Waals surface area contributed by atoms with Crippen molar-refractivity contribution in [3.8, 4) is 0 Å². The first kappa shape index (κ1) is 17.0. The van der Waals surface area contributed by atoms with Crippen LogP contribution in [-0.4, -0.2) is 41.4 Å². The van der Waals surface area contributed by atoms with Gasteiger partial charge in [0.05, 0.1) is 0 Å². The van der Waals surface area contributed by atoms with E-state index in [0.29, 0.717) is 13.0 Å². The summed E-state index contributed by atoms with van der Waals surface area (Å²) in [6.07, 6.45) is 1.57. The molecule has 1 aromatic rings. The van der Waals surface area contributed by atoms with Crippen molar-refractivity contribution < 1.29 is 9.59 Å². The minimum Gasteiger partial charge on any atom is -0.342 e. The van der Waals surface area contributed by atoms with Gasteiger partial charge in [0.2, 0.25) is 11.8 Å². The van der Waals surface area contributed by atoms with Crippen molar-refractivity contribution >= 4 is 11.8 Å². The molecule has 1 aromatic carbocycles.